The van der Waals surface area contributed by atoms with Crippen molar-refractivity contribution in [2.75, 3.05) is 18.0 Å². The Balaban J connectivity index is 1.55. The molecule has 8 heteroatoms. The summed E-state index contributed by atoms with van der Waals surface area (Å²) in [6.07, 6.45) is 17.7. The molecule has 2 aliphatic rings. The van der Waals surface area contributed by atoms with Gasteiger partial charge in [-0.25, -0.2) is 0 Å². The third-order valence-electron chi connectivity index (χ3n) is 8.88. The molecule has 0 atom stereocenters. The number of nitrogens with zero attached hydrogens (tertiary/aromatic N) is 2. The van der Waals surface area contributed by atoms with Gasteiger partial charge < -0.3 is 10.0 Å². The Kier molecular flexibility index (Phi) is 10.4. The van der Waals surface area contributed by atoms with Crippen LogP contribution >= 0.6 is 0 Å². The summed E-state index contributed by atoms with van der Waals surface area (Å²) in [7, 11) is -4.34. The van der Waals surface area contributed by atoms with E-state index < -0.39 is 21.5 Å². The number of unbranched alkanes of at least 4 members (excludes halogenated alkanes) is 2. The molecule has 0 saturated carbocycles. The first kappa shape index (κ1) is 34.1. The third kappa shape index (κ3) is 7.39. The van der Waals surface area contributed by atoms with Crippen LogP contribution in [0.2, 0.25) is 0 Å². The fraction of sp³-hybridized carbons (Fsp3) is 0.405. The number of benzene rings is 2. The zero-order valence-corrected chi connectivity index (χ0v) is 28.2. The summed E-state index contributed by atoms with van der Waals surface area (Å²) >= 11 is 0. The van der Waals surface area contributed by atoms with Crippen LogP contribution in [0.15, 0.2) is 89.5 Å². The number of carboxylic acid groups (broad SMARTS) is 1. The molecule has 0 spiro atoms. The van der Waals surface area contributed by atoms with Crippen LogP contribution in [-0.2, 0) is 25.7 Å². The van der Waals surface area contributed by atoms with Gasteiger partial charge in [0.1, 0.15) is 6.54 Å². The molecule has 2 aliphatic heterocycles. The van der Waals surface area contributed by atoms with Gasteiger partial charge >= 0.3 is 5.97 Å². The molecule has 0 radical (unpaired) electrons. The van der Waals surface area contributed by atoms with E-state index >= 15 is 0 Å². The molecule has 4 rings (SSSR count). The summed E-state index contributed by atoms with van der Waals surface area (Å²) in [6, 6.07) is 11.5. The average Bonchev–Trinajstić information content (AvgIpc) is 3.30. The lowest BCUT2D eigenvalue weighted by Crippen LogP contribution is -2.27. The maximum atomic E-state index is 11.9. The number of rotatable bonds is 13. The molecule has 0 amide bonds. The van der Waals surface area contributed by atoms with Crippen molar-refractivity contribution in [3.8, 4) is 0 Å². The standard InChI is InChI=1S/C37H46N2O5S/c1-7-23-38-31-21-19-27(2)25-29(31)36(3,4)33(38)16-12-9-8-10-13-17-34-37(5,6)30-26-28(45(42,43)44)20-22-32(30)39(34)24-15-11-14-18-35(40)41/h8-10,12-13,16-17,19-22,25-26H,7,11,14-15,18,23-24H2,1-6H3,(H-,40,41,42,43,44)/p+1. The van der Waals surface area contributed by atoms with Crippen molar-refractivity contribution in [1.29, 1.82) is 0 Å². The van der Waals surface area contributed by atoms with E-state index in [4.69, 9.17) is 5.11 Å². The Labute approximate surface area is 268 Å². The van der Waals surface area contributed by atoms with E-state index in [0.717, 1.165) is 42.8 Å². The molecule has 2 N–H and O–H groups in total. The van der Waals surface area contributed by atoms with Crippen LogP contribution in [0.25, 0.3) is 0 Å². The van der Waals surface area contributed by atoms with Crippen molar-refractivity contribution in [3.05, 3.63) is 101 Å². The van der Waals surface area contributed by atoms with E-state index in [2.05, 4.69) is 73.6 Å². The molecule has 240 valence electrons. The summed E-state index contributed by atoms with van der Waals surface area (Å²) in [5.74, 6) is -0.793. The minimum atomic E-state index is -4.34. The van der Waals surface area contributed by atoms with Gasteiger partial charge in [-0.15, -0.1) is 0 Å². The second-order valence-corrected chi connectivity index (χ2v) is 14.4. The Morgan fingerprint density at radius 2 is 1.62 bits per heavy atom. The highest BCUT2D eigenvalue weighted by Gasteiger charge is 2.44. The van der Waals surface area contributed by atoms with Gasteiger partial charge in [0.2, 0.25) is 5.69 Å². The minimum Gasteiger partial charge on any atom is -0.481 e. The molecule has 0 saturated heterocycles. The predicted molar refractivity (Wildman–Crippen MR) is 183 cm³/mol. The van der Waals surface area contributed by atoms with Gasteiger partial charge in [0.05, 0.1) is 10.3 Å². The van der Waals surface area contributed by atoms with Crippen molar-refractivity contribution in [1.82, 2.24) is 0 Å². The lowest BCUT2D eigenvalue weighted by molar-refractivity contribution is -0.437. The summed E-state index contributed by atoms with van der Waals surface area (Å²) in [4.78, 5) is 13.0. The fourth-order valence-corrected chi connectivity index (χ4v) is 7.03. The van der Waals surface area contributed by atoms with Crippen molar-refractivity contribution >= 4 is 33.2 Å². The average molecular weight is 632 g/mol. The van der Waals surface area contributed by atoms with Crippen molar-refractivity contribution in [2.45, 2.75) is 89.4 Å². The molecule has 2 aromatic rings. The van der Waals surface area contributed by atoms with Gasteiger partial charge in [0, 0.05) is 53.9 Å². The fourth-order valence-electron chi connectivity index (χ4n) is 6.52. The maximum absolute atomic E-state index is 11.9. The number of allylic oxidation sites excluding steroid dienone is 8. The van der Waals surface area contributed by atoms with Gasteiger partial charge in [0.15, 0.2) is 5.71 Å². The van der Waals surface area contributed by atoms with Crippen LogP contribution in [0.3, 0.4) is 0 Å². The van der Waals surface area contributed by atoms with Gasteiger partial charge in [0.25, 0.3) is 10.1 Å². The van der Waals surface area contributed by atoms with E-state index in [1.807, 2.05) is 38.2 Å². The molecule has 0 unspecified atom stereocenters. The second kappa shape index (κ2) is 13.7. The van der Waals surface area contributed by atoms with Crippen molar-refractivity contribution in [2.24, 2.45) is 0 Å². The van der Waals surface area contributed by atoms with Crippen LogP contribution in [0.1, 0.15) is 83.4 Å². The number of hydrogen-bond donors (Lipinski definition) is 2. The number of aryl methyl sites for hydroxylation is 1. The van der Waals surface area contributed by atoms with Crippen molar-refractivity contribution in [3.63, 3.8) is 0 Å². The molecule has 0 bridgehead atoms. The number of carboxylic acids is 1. The van der Waals surface area contributed by atoms with Crippen LogP contribution < -0.4 is 4.90 Å². The SMILES string of the molecule is CCC[N+]1=C(/C=C/C=C/C=C/C=C2/N(CCCCCC(=O)O)c3ccc(S(=O)(=O)O)cc3C2(C)C)C(C)(C)c2cc(C)ccc21. The zero-order valence-electron chi connectivity index (χ0n) is 27.4. The number of aliphatic carboxylic acids is 1. The predicted octanol–water partition coefficient (Wildman–Crippen LogP) is 8.02. The molecular weight excluding hydrogens is 584 g/mol. The number of fused-ring (bicyclic) bond motifs is 2. The van der Waals surface area contributed by atoms with Crippen LogP contribution in [0.4, 0.5) is 11.4 Å². The highest BCUT2D eigenvalue weighted by Crippen LogP contribution is 2.48. The molecular formula is C37H47N2O5S+. The highest BCUT2D eigenvalue weighted by molar-refractivity contribution is 7.85. The zero-order chi connectivity index (χ0) is 33.0. The Morgan fingerprint density at radius 3 is 2.31 bits per heavy atom. The lowest BCUT2D eigenvalue weighted by Gasteiger charge is -2.27. The van der Waals surface area contributed by atoms with Gasteiger partial charge in [-0.2, -0.15) is 13.0 Å². The van der Waals surface area contributed by atoms with Gasteiger partial charge in [-0.3, -0.25) is 9.35 Å². The number of hydrogen-bond acceptors (Lipinski definition) is 4. The first-order valence-electron chi connectivity index (χ1n) is 15.8. The summed E-state index contributed by atoms with van der Waals surface area (Å²) < 4.78 is 35.9. The number of anilines is 1. The van der Waals surface area contributed by atoms with Crippen molar-refractivity contribution < 1.29 is 27.4 Å². The monoisotopic (exact) mass is 631 g/mol. The van der Waals surface area contributed by atoms with E-state index in [0.29, 0.717) is 13.0 Å². The Bertz CT molecular complexity index is 1710. The molecule has 0 aromatic heterocycles. The second-order valence-electron chi connectivity index (χ2n) is 13.0. The first-order chi connectivity index (χ1) is 21.2. The Hall–Kier alpha value is -3.75. The maximum Gasteiger partial charge on any atom is 0.303 e. The molecule has 45 heavy (non-hydrogen) atoms. The topological polar surface area (TPSA) is 97.9 Å². The lowest BCUT2D eigenvalue weighted by atomic mass is 9.81. The third-order valence-corrected chi connectivity index (χ3v) is 9.73. The highest BCUT2D eigenvalue weighted by atomic mass is 32.2. The normalized spacial score (nSPS) is 18.2. The van der Waals surface area contributed by atoms with E-state index in [1.165, 1.54) is 28.6 Å². The molecule has 2 heterocycles. The van der Waals surface area contributed by atoms with E-state index in [-0.39, 0.29) is 16.7 Å². The number of carbonyl (C=O) groups is 1. The summed E-state index contributed by atoms with van der Waals surface area (Å²) in [5.41, 5.74) is 7.34. The smallest absolute Gasteiger partial charge is 0.303 e. The van der Waals surface area contributed by atoms with E-state index in [1.54, 1.807) is 12.1 Å². The summed E-state index contributed by atoms with van der Waals surface area (Å²) in [5, 5.41) is 8.98. The molecule has 7 nitrogen and oxygen atoms in total. The van der Waals surface area contributed by atoms with Gasteiger partial charge in [-0.1, -0.05) is 69.2 Å². The van der Waals surface area contributed by atoms with Crippen LogP contribution in [-0.4, -0.2) is 47.4 Å². The largest absolute Gasteiger partial charge is 0.481 e. The van der Waals surface area contributed by atoms with Crippen LogP contribution in [0, 0.1) is 6.92 Å². The Morgan fingerprint density at radius 1 is 0.911 bits per heavy atom. The summed E-state index contributed by atoms with van der Waals surface area (Å²) in [6.45, 7) is 14.7. The first-order valence-corrected chi connectivity index (χ1v) is 17.2. The molecule has 0 fully saturated rings. The molecule has 2 aromatic carbocycles. The van der Waals surface area contributed by atoms with E-state index in [9.17, 15) is 17.8 Å². The van der Waals surface area contributed by atoms with Gasteiger partial charge in [-0.05, 0) is 69.5 Å². The quantitative estimate of drug-likeness (QED) is 0.101. The van der Waals surface area contributed by atoms with Crippen LogP contribution in [0.5, 0.6) is 0 Å². The minimum absolute atomic E-state index is 0.0868. The molecule has 0 aliphatic carbocycles.